The van der Waals surface area contributed by atoms with Crippen molar-refractivity contribution in [2.45, 2.75) is 27.2 Å². The molecule has 0 fully saturated rings. The highest BCUT2D eigenvalue weighted by Gasteiger charge is 2.21. The molecule has 7 rings (SSSR count). The summed E-state index contributed by atoms with van der Waals surface area (Å²) < 4.78 is 2.41. The Hall–Kier alpha value is -5.32. The van der Waals surface area contributed by atoms with Gasteiger partial charge in [0.15, 0.2) is 0 Å². The van der Waals surface area contributed by atoms with Gasteiger partial charge >= 0.3 is 0 Å². The lowest BCUT2D eigenvalue weighted by Crippen LogP contribution is -1.97. The number of hydrogen-bond donors (Lipinski definition) is 0. The van der Waals surface area contributed by atoms with Gasteiger partial charge in [-0.05, 0) is 101 Å². The van der Waals surface area contributed by atoms with E-state index in [1.807, 2.05) is 0 Å². The number of terminal acetylenes is 1. The second-order valence-corrected chi connectivity index (χ2v) is 11.4. The summed E-state index contributed by atoms with van der Waals surface area (Å²) in [4.78, 5) is 0. The number of aryl methyl sites for hydroxylation is 2. The van der Waals surface area contributed by atoms with E-state index in [2.05, 4.69) is 159 Å². The molecular formula is C42H33N. The molecule has 0 amide bonds. The third-order valence-corrected chi connectivity index (χ3v) is 8.80. The molecule has 1 aromatic heterocycles. The van der Waals surface area contributed by atoms with Gasteiger partial charge in [-0.1, -0.05) is 109 Å². The molecule has 1 aliphatic rings. The lowest BCUT2D eigenvalue weighted by molar-refractivity contribution is 1.05. The minimum absolute atomic E-state index is 0.862. The maximum Gasteiger partial charge on any atom is 0.0544 e. The molecule has 1 heterocycles. The molecule has 0 atom stereocenters. The fourth-order valence-electron chi connectivity index (χ4n) is 6.64. The molecule has 1 heteroatoms. The van der Waals surface area contributed by atoms with Gasteiger partial charge in [-0.15, -0.1) is 6.42 Å². The Labute approximate surface area is 254 Å². The predicted molar refractivity (Wildman–Crippen MR) is 185 cm³/mol. The zero-order valence-corrected chi connectivity index (χ0v) is 24.9. The predicted octanol–water partition coefficient (Wildman–Crippen LogP) is 10.9. The Morgan fingerprint density at radius 3 is 2.30 bits per heavy atom. The fraction of sp³-hybridized carbons (Fsp3) is 0.0952. The van der Waals surface area contributed by atoms with Gasteiger partial charge in [0, 0.05) is 27.9 Å². The van der Waals surface area contributed by atoms with Gasteiger partial charge in [0.2, 0.25) is 0 Å². The minimum atomic E-state index is 0.862. The first-order valence-corrected chi connectivity index (χ1v) is 14.9. The third-order valence-electron chi connectivity index (χ3n) is 8.80. The Morgan fingerprint density at radius 2 is 1.53 bits per heavy atom. The van der Waals surface area contributed by atoms with Gasteiger partial charge in [0.25, 0.3) is 0 Å². The highest BCUT2D eigenvalue weighted by atomic mass is 15.0. The average Bonchev–Trinajstić information content (AvgIpc) is 3.67. The van der Waals surface area contributed by atoms with E-state index in [1.165, 1.54) is 71.9 Å². The van der Waals surface area contributed by atoms with E-state index in [9.17, 15) is 0 Å². The summed E-state index contributed by atoms with van der Waals surface area (Å²) in [5.74, 6) is 3.02. The SMILES string of the molecule is C#C/C(=C\c1c(C)n(-c2cccc(-c3ccccc3)c2)c2ccc3ccc(C)c(-c4ccccc4C)c3c12)C1=CC=CC1. The van der Waals surface area contributed by atoms with Crippen LogP contribution in [0.5, 0.6) is 0 Å². The van der Waals surface area contributed by atoms with Crippen LogP contribution in [0.4, 0.5) is 0 Å². The summed E-state index contributed by atoms with van der Waals surface area (Å²) in [7, 11) is 0. The van der Waals surface area contributed by atoms with E-state index in [-0.39, 0.29) is 0 Å². The van der Waals surface area contributed by atoms with Crippen LogP contribution in [0, 0.1) is 33.1 Å². The fourth-order valence-corrected chi connectivity index (χ4v) is 6.64. The minimum Gasteiger partial charge on any atom is -0.313 e. The molecule has 1 nitrogen and oxygen atoms in total. The van der Waals surface area contributed by atoms with Gasteiger partial charge in [-0.3, -0.25) is 0 Å². The van der Waals surface area contributed by atoms with Crippen LogP contribution in [0.2, 0.25) is 0 Å². The molecule has 0 spiro atoms. The number of aromatic nitrogens is 1. The number of allylic oxidation sites excluding steroid dienone is 5. The standard InChI is InChI=1S/C42H33N/c1-5-31(32-17-10-11-18-32)27-38-30(4)43(36-20-13-19-35(26-36)33-15-7-6-8-16-33)39-25-24-34-23-22-29(3)40(41(34)42(38)39)37-21-12-9-14-28(37)2/h1,6-17,19-27H,18H2,2-4H3/b31-27+. The molecule has 1 aliphatic carbocycles. The van der Waals surface area contributed by atoms with Gasteiger partial charge in [-0.25, -0.2) is 0 Å². The van der Waals surface area contributed by atoms with Crippen molar-refractivity contribution < 1.29 is 0 Å². The van der Waals surface area contributed by atoms with E-state index in [0.29, 0.717) is 0 Å². The second kappa shape index (κ2) is 10.8. The van der Waals surface area contributed by atoms with Crippen LogP contribution >= 0.6 is 0 Å². The summed E-state index contributed by atoms with van der Waals surface area (Å²) in [5.41, 5.74) is 14.3. The Balaban J connectivity index is 1.61. The lowest BCUT2D eigenvalue weighted by atomic mass is 9.88. The molecule has 0 saturated carbocycles. The number of fused-ring (bicyclic) bond motifs is 3. The first-order chi connectivity index (χ1) is 21.0. The monoisotopic (exact) mass is 551 g/mol. The van der Waals surface area contributed by atoms with Crippen molar-refractivity contribution in [3.63, 3.8) is 0 Å². The molecule has 0 saturated heterocycles. The highest BCUT2D eigenvalue weighted by Crippen LogP contribution is 2.43. The summed E-state index contributed by atoms with van der Waals surface area (Å²) in [6.07, 6.45) is 15.7. The number of hydrogen-bond acceptors (Lipinski definition) is 0. The molecule has 0 radical (unpaired) electrons. The van der Waals surface area contributed by atoms with Crippen LogP contribution in [0.1, 0.15) is 28.8 Å². The molecule has 0 unspecified atom stereocenters. The molecule has 6 aromatic rings. The largest absolute Gasteiger partial charge is 0.313 e. The molecule has 0 bridgehead atoms. The van der Waals surface area contributed by atoms with Crippen molar-refractivity contribution in [2.75, 3.05) is 0 Å². The first kappa shape index (κ1) is 26.6. The quantitative estimate of drug-likeness (QED) is 0.188. The van der Waals surface area contributed by atoms with Crippen molar-refractivity contribution >= 4 is 27.8 Å². The first-order valence-electron chi connectivity index (χ1n) is 14.9. The topological polar surface area (TPSA) is 4.93 Å². The van der Waals surface area contributed by atoms with Gasteiger partial charge in [-0.2, -0.15) is 0 Å². The van der Waals surface area contributed by atoms with Gasteiger partial charge < -0.3 is 4.57 Å². The normalized spacial score (nSPS) is 13.1. The second-order valence-electron chi connectivity index (χ2n) is 11.4. The molecule has 0 aliphatic heterocycles. The Morgan fingerprint density at radius 1 is 0.767 bits per heavy atom. The maximum atomic E-state index is 6.18. The molecular weight excluding hydrogens is 518 g/mol. The zero-order valence-electron chi connectivity index (χ0n) is 24.9. The van der Waals surface area contributed by atoms with Crippen LogP contribution < -0.4 is 0 Å². The van der Waals surface area contributed by atoms with Crippen molar-refractivity contribution in [2.24, 2.45) is 0 Å². The summed E-state index contributed by atoms with van der Waals surface area (Å²) >= 11 is 0. The van der Waals surface area contributed by atoms with Crippen LogP contribution in [-0.2, 0) is 0 Å². The molecule has 0 N–H and O–H groups in total. The van der Waals surface area contributed by atoms with Crippen LogP contribution in [0.15, 0.2) is 133 Å². The van der Waals surface area contributed by atoms with Gasteiger partial charge in [0.05, 0.1) is 5.52 Å². The third kappa shape index (κ3) is 4.53. The summed E-state index contributed by atoms with van der Waals surface area (Å²) in [6, 6.07) is 37.2. The number of rotatable bonds is 5. The Kier molecular flexibility index (Phi) is 6.69. The average molecular weight is 552 g/mol. The van der Waals surface area contributed by atoms with Crippen molar-refractivity contribution in [3.8, 4) is 40.3 Å². The van der Waals surface area contributed by atoms with Crippen molar-refractivity contribution in [1.82, 2.24) is 4.57 Å². The van der Waals surface area contributed by atoms with E-state index in [1.54, 1.807) is 0 Å². The lowest BCUT2D eigenvalue weighted by Gasteiger charge is -2.15. The molecule has 5 aromatic carbocycles. The smallest absolute Gasteiger partial charge is 0.0544 e. The zero-order chi connectivity index (χ0) is 29.5. The van der Waals surface area contributed by atoms with Crippen LogP contribution in [0.3, 0.4) is 0 Å². The summed E-state index contributed by atoms with van der Waals surface area (Å²) in [6.45, 7) is 6.66. The van der Waals surface area contributed by atoms with Gasteiger partial charge in [0.1, 0.15) is 0 Å². The Bertz CT molecular complexity index is 2170. The van der Waals surface area contributed by atoms with Crippen molar-refractivity contribution in [3.05, 3.63) is 155 Å². The number of nitrogens with zero attached hydrogens (tertiary/aromatic N) is 1. The van der Waals surface area contributed by atoms with E-state index in [4.69, 9.17) is 6.42 Å². The van der Waals surface area contributed by atoms with E-state index < -0.39 is 0 Å². The highest BCUT2D eigenvalue weighted by molar-refractivity contribution is 6.18. The van der Waals surface area contributed by atoms with Crippen LogP contribution in [-0.4, -0.2) is 4.57 Å². The van der Waals surface area contributed by atoms with E-state index >= 15 is 0 Å². The summed E-state index contributed by atoms with van der Waals surface area (Å²) in [5, 5.41) is 3.74. The van der Waals surface area contributed by atoms with Crippen LogP contribution in [0.25, 0.3) is 55.7 Å². The molecule has 206 valence electrons. The van der Waals surface area contributed by atoms with Crippen molar-refractivity contribution in [1.29, 1.82) is 0 Å². The maximum absolute atomic E-state index is 6.18. The van der Waals surface area contributed by atoms with E-state index in [0.717, 1.165) is 17.7 Å². The molecule has 43 heavy (non-hydrogen) atoms. The number of benzene rings is 5.